The fourth-order valence-corrected chi connectivity index (χ4v) is 2.98. The molecule has 0 unspecified atom stereocenters. The first-order chi connectivity index (χ1) is 5.83. The van der Waals surface area contributed by atoms with E-state index in [0.29, 0.717) is 13.1 Å². The van der Waals surface area contributed by atoms with Crippen LogP contribution >= 0.6 is 0 Å². The van der Waals surface area contributed by atoms with E-state index in [-0.39, 0.29) is 11.8 Å². The fraction of sp³-hybridized carbons (Fsp3) is 1.00. The van der Waals surface area contributed by atoms with E-state index in [9.17, 15) is 13.5 Å². The predicted molar refractivity (Wildman–Crippen MR) is 49.9 cm³/mol. The molecule has 0 atom stereocenters. The van der Waals surface area contributed by atoms with Crippen LogP contribution in [0.3, 0.4) is 0 Å². The SMILES string of the molecule is CC(C)NS(=O)(=O)CC1(O)CNC1. The van der Waals surface area contributed by atoms with Crippen LogP contribution in [0.4, 0.5) is 0 Å². The van der Waals surface area contributed by atoms with Crippen LogP contribution in [-0.4, -0.2) is 44.0 Å². The molecule has 5 nitrogen and oxygen atoms in total. The zero-order valence-electron chi connectivity index (χ0n) is 7.87. The van der Waals surface area contributed by atoms with Gasteiger partial charge in [-0.15, -0.1) is 0 Å². The van der Waals surface area contributed by atoms with Crippen LogP contribution in [0.25, 0.3) is 0 Å². The highest BCUT2D eigenvalue weighted by molar-refractivity contribution is 7.89. The Kier molecular flexibility index (Phi) is 2.96. The lowest BCUT2D eigenvalue weighted by Gasteiger charge is -2.37. The first-order valence-electron chi connectivity index (χ1n) is 4.26. The summed E-state index contributed by atoms with van der Waals surface area (Å²) in [5.41, 5.74) is -1.07. The van der Waals surface area contributed by atoms with Crippen molar-refractivity contribution in [2.24, 2.45) is 0 Å². The predicted octanol–water partition coefficient (Wildman–Crippen LogP) is -1.35. The van der Waals surface area contributed by atoms with Crippen molar-refractivity contribution in [1.29, 1.82) is 0 Å². The number of sulfonamides is 1. The summed E-state index contributed by atoms with van der Waals surface area (Å²) in [6.07, 6.45) is 0. The number of aliphatic hydroxyl groups is 1. The zero-order valence-corrected chi connectivity index (χ0v) is 8.69. The molecule has 1 heterocycles. The van der Waals surface area contributed by atoms with Gasteiger partial charge < -0.3 is 10.4 Å². The molecule has 0 saturated carbocycles. The molecule has 78 valence electrons. The monoisotopic (exact) mass is 208 g/mol. The Morgan fingerprint density at radius 1 is 1.54 bits per heavy atom. The van der Waals surface area contributed by atoms with Crippen LogP contribution < -0.4 is 10.0 Å². The Labute approximate surface area is 78.6 Å². The van der Waals surface area contributed by atoms with E-state index in [4.69, 9.17) is 0 Å². The van der Waals surface area contributed by atoms with Crippen LogP contribution in [0.1, 0.15) is 13.8 Å². The first kappa shape index (κ1) is 10.9. The van der Waals surface area contributed by atoms with Gasteiger partial charge in [-0.25, -0.2) is 13.1 Å². The lowest BCUT2D eigenvalue weighted by atomic mass is 10.0. The van der Waals surface area contributed by atoms with Gasteiger partial charge in [0.25, 0.3) is 0 Å². The maximum atomic E-state index is 11.4. The minimum Gasteiger partial charge on any atom is -0.386 e. The third-order valence-electron chi connectivity index (χ3n) is 1.78. The molecule has 0 amide bonds. The van der Waals surface area contributed by atoms with Crippen molar-refractivity contribution in [3.63, 3.8) is 0 Å². The van der Waals surface area contributed by atoms with Crippen LogP contribution in [0.2, 0.25) is 0 Å². The molecule has 0 aromatic heterocycles. The summed E-state index contributed by atoms with van der Waals surface area (Å²) in [5, 5.41) is 12.4. The van der Waals surface area contributed by atoms with Crippen molar-refractivity contribution in [1.82, 2.24) is 10.0 Å². The van der Waals surface area contributed by atoms with Crippen molar-refractivity contribution in [2.75, 3.05) is 18.8 Å². The zero-order chi connectivity index (χ0) is 10.1. The van der Waals surface area contributed by atoms with Crippen molar-refractivity contribution < 1.29 is 13.5 Å². The second-order valence-corrected chi connectivity index (χ2v) is 5.61. The lowest BCUT2D eigenvalue weighted by Crippen LogP contribution is -2.64. The van der Waals surface area contributed by atoms with Crippen molar-refractivity contribution in [3.8, 4) is 0 Å². The second kappa shape index (κ2) is 3.53. The van der Waals surface area contributed by atoms with E-state index >= 15 is 0 Å². The van der Waals surface area contributed by atoms with E-state index in [0.717, 1.165) is 0 Å². The highest BCUT2D eigenvalue weighted by atomic mass is 32.2. The van der Waals surface area contributed by atoms with Gasteiger partial charge in [-0.2, -0.15) is 0 Å². The molecule has 1 rings (SSSR count). The first-order valence-corrected chi connectivity index (χ1v) is 5.91. The quantitative estimate of drug-likeness (QED) is 0.534. The summed E-state index contributed by atoms with van der Waals surface area (Å²) < 4.78 is 25.1. The normalized spacial score (nSPS) is 21.5. The Balaban J connectivity index is 2.51. The molecule has 0 aliphatic carbocycles. The Bertz CT molecular complexity index is 269. The molecule has 0 spiro atoms. The van der Waals surface area contributed by atoms with Gasteiger partial charge in [0.1, 0.15) is 5.60 Å². The van der Waals surface area contributed by atoms with E-state index in [1.807, 2.05) is 0 Å². The highest BCUT2D eigenvalue weighted by Crippen LogP contribution is 2.12. The molecule has 1 aliphatic rings. The van der Waals surface area contributed by atoms with E-state index in [1.54, 1.807) is 13.8 Å². The molecular formula is C7H16N2O3S. The van der Waals surface area contributed by atoms with Crippen LogP contribution in [0, 0.1) is 0 Å². The standard InChI is InChI=1S/C7H16N2O3S/c1-6(2)9-13(11,12)5-7(10)3-8-4-7/h6,8-10H,3-5H2,1-2H3. The summed E-state index contributed by atoms with van der Waals surface area (Å²) in [6.45, 7) is 4.21. The largest absolute Gasteiger partial charge is 0.386 e. The summed E-state index contributed by atoms with van der Waals surface area (Å²) in [6, 6.07) is -0.123. The van der Waals surface area contributed by atoms with Gasteiger partial charge >= 0.3 is 0 Å². The average molecular weight is 208 g/mol. The molecule has 3 N–H and O–H groups in total. The van der Waals surface area contributed by atoms with Crippen LogP contribution in [0.15, 0.2) is 0 Å². The molecule has 0 aromatic carbocycles. The van der Waals surface area contributed by atoms with Crippen LogP contribution in [-0.2, 0) is 10.0 Å². The average Bonchev–Trinajstić information content (AvgIpc) is 1.79. The number of hydrogen-bond donors (Lipinski definition) is 3. The van der Waals surface area contributed by atoms with E-state index in [1.165, 1.54) is 0 Å². The molecule has 1 aliphatic heterocycles. The number of rotatable bonds is 4. The summed E-state index contributed by atoms with van der Waals surface area (Å²) in [5.74, 6) is -0.217. The van der Waals surface area contributed by atoms with E-state index < -0.39 is 15.6 Å². The topological polar surface area (TPSA) is 78.4 Å². The number of β-amino-alcohol motifs (C(OH)–C–C–N with tert-alkyl or cyclic N) is 1. The molecule has 1 fully saturated rings. The van der Waals surface area contributed by atoms with Gasteiger partial charge in [0.2, 0.25) is 10.0 Å². The molecular weight excluding hydrogens is 192 g/mol. The third-order valence-corrected chi connectivity index (χ3v) is 3.53. The fourth-order valence-electron chi connectivity index (χ4n) is 1.27. The summed E-state index contributed by atoms with van der Waals surface area (Å²) in [4.78, 5) is 0. The minimum absolute atomic E-state index is 0.123. The lowest BCUT2D eigenvalue weighted by molar-refractivity contribution is 0.0118. The van der Waals surface area contributed by atoms with Gasteiger partial charge in [0, 0.05) is 19.1 Å². The minimum atomic E-state index is -3.34. The van der Waals surface area contributed by atoms with Gasteiger partial charge in [-0.1, -0.05) is 0 Å². The Morgan fingerprint density at radius 2 is 2.08 bits per heavy atom. The van der Waals surface area contributed by atoms with Crippen molar-refractivity contribution >= 4 is 10.0 Å². The summed E-state index contributed by atoms with van der Waals surface area (Å²) in [7, 11) is -3.34. The van der Waals surface area contributed by atoms with Gasteiger partial charge in [-0.05, 0) is 13.8 Å². The van der Waals surface area contributed by atoms with Crippen molar-refractivity contribution in [3.05, 3.63) is 0 Å². The van der Waals surface area contributed by atoms with Gasteiger partial charge in [0.15, 0.2) is 0 Å². The van der Waals surface area contributed by atoms with E-state index in [2.05, 4.69) is 10.0 Å². The Hall–Kier alpha value is -0.170. The molecule has 0 radical (unpaired) electrons. The smallest absolute Gasteiger partial charge is 0.214 e. The molecule has 13 heavy (non-hydrogen) atoms. The molecule has 1 saturated heterocycles. The summed E-state index contributed by atoms with van der Waals surface area (Å²) >= 11 is 0. The highest BCUT2D eigenvalue weighted by Gasteiger charge is 2.38. The maximum Gasteiger partial charge on any atom is 0.214 e. The van der Waals surface area contributed by atoms with Gasteiger partial charge in [0.05, 0.1) is 5.75 Å². The molecule has 0 aromatic rings. The number of hydrogen-bond acceptors (Lipinski definition) is 4. The second-order valence-electron chi connectivity index (χ2n) is 3.86. The van der Waals surface area contributed by atoms with Crippen LogP contribution in [0.5, 0.6) is 0 Å². The van der Waals surface area contributed by atoms with Crippen molar-refractivity contribution in [2.45, 2.75) is 25.5 Å². The number of nitrogens with one attached hydrogen (secondary N) is 2. The third kappa shape index (κ3) is 3.22. The maximum absolute atomic E-state index is 11.4. The van der Waals surface area contributed by atoms with Gasteiger partial charge in [-0.3, -0.25) is 0 Å². The Morgan fingerprint density at radius 3 is 2.38 bits per heavy atom. The molecule has 6 heteroatoms. The molecule has 0 bridgehead atoms.